The molecule has 0 unspecified atom stereocenters. The van der Waals surface area contributed by atoms with Crippen LogP contribution in [-0.2, 0) is 6.54 Å². The van der Waals surface area contributed by atoms with Crippen LogP contribution in [0.1, 0.15) is 12.5 Å². The highest BCUT2D eigenvalue weighted by Crippen LogP contribution is 2.15. The summed E-state index contributed by atoms with van der Waals surface area (Å²) < 4.78 is 12.9. The van der Waals surface area contributed by atoms with Crippen LogP contribution < -0.4 is 10.2 Å². The van der Waals surface area contributed by atoms with E-state index in [0.29, 0.717) is 6.54 Å². The van der Waals surface area contributed by atoms with Crippen LogP contribution >= 0.6 is 0 Å². The number of hydrogen-bond acceptors (Lipinski definition) is 3. The largest absolute Gasteiger partial charge is 0.370 e. The summed E-state index contributed by atoms with van der Waals surface area (Å²) in [5, 5.41) is 3.19. The number of aromatic nitrogens is 1. The first-order valence-corrected chi connectivity index (χ1v) is 6.35. The van der Waals surface area contributed by atoms with Gasteiger partial charge in [-0.2, -0.15) is 0 Å². The van der Waals surface area contributed by atoms with E-state index >= 15 is 0 Å². The third-order valence-electron chi connectivity index (χ3n) is 2.82. The third-order valence-corrected chi connectivity index (χ3v) is 2.82. The van der Waals surface area contributed by atoms with Crippen molar-refractivity contribution in [2.75, 3.05) is 23.8 Å². The van der Waals surface area contributed by atoms with Crippen molar-refractivity contribution in [3.63, 3.8) is 0 Å². The predicted octanol–water partition coefficient (Wildman–Crippen LogP) is 3.29. The second-order valence-electron chi connectivity index (χ2n) is 4.39. The van der Waals surface area contributed by atoms with Crippen molar-refractivity contribution in [3.05, 3.63) is 53.8 Å². The fourth-order valence-electron chi connectivity index (χ4n) is 1.86. The molecule has 2 rings (SSSR count). The lowest BCUT2D eigenvalue weighted by molar-refractivity contribution is 0.627. The summed E-state index contributed by atoms with van der Waals surface area (Å²) in [7, 11) is 1.97. The van der Waals surface area contributed by atoms with E-state index in [9.17, 15) is 4.39 Å². The Balaban J connectivity index is 2.08. The highest BCUT2D eigenvalue weighted by molar-refractivity contribution is 5.46. The van der Waals surface area contributed by atoms with Gasteiger partial charge in [0.15, 0.2) is 0 Å². The van der Waals surface area contributed by atoms with Crippen molar-refractivity contribution in [3.8, 4) is 0 Å². The third kappa shape index (κ3) is 3.68. The lowest BCUT2D eigenvalue weighted by Crippen LogP contribution is -2.18. The predicted molar refractivity (Wildman–Crippen MR) is 76.9 cm³/mol. The summed E-state index contributed by atoms with van der Waals surface area (Å²) in [4.78, 5) is 6.55. The number of rotatable bonds is 5. The number of nitrogens with zero attached hydrogens (tertiary/aromatic N) is 2. The molecule has 1 heterocycles. The van der Waals surface area contributed by atoms with Gasteiger partial charge in [0, 0.05) is 20.1 Å². The maximum atomic E-state index is 12.9. The van der Waals surface area contributed by atoms with Crippen LogP contribution in [0.3, 0.4) is 0 Å². The Morgan fingerprint density at radius 2 is 1.89 bits per heavy atom. The van der Waals surface area contributed by atoms with E-state index in [1.54, 1.807) is 12.1 Å². The number of halogens is 1. The van der Waals surface area contributed by atoms with Gasteiger partial charge in [0.25, 0.3) is 0 Å². The first kappa shape index (κ1) is 13.3. The Morgan fingerprint density at radius 3 is 2.58 bits per heavy atom. The molecule has 0 spiro atoms. The van der Waals surface area contributed by atoms with E-state index in [1.807, 2.05) is 37.1 Å². The Bertz CT molecular complexity index is 525. The molecule has 1 N–H and O–H groups in total. The molecule has 0 atom stereocenters. The van der Waals surface area contributed by atoms with Crippen LogP contribution in [0.5, 0.6) is 0 Å². The van der Waals surface area contributed by atoms with Crippen LogP contribution in [0.2, 0.25) is 0 Å². The van der Waals surface area contributed by atoms with Gasteiger partial charge in [-0.25, -0.2) is 9.37 Å². The Labute approximate surface area is 113 Å². The second kappa shape index (κ2) is 6.18. The second-order valence-corrected chi connectivity index (χ2v) is 4.39. The minimum absolute atomic E-state index is 0.210. The van der Waals surface area contributed by atoms with Crippen LogP contribution in [0.4, 0.5) is 16.0 Å². The highest BCUT2D eigenvalue weighted by Gasteiger charge is 2.04. The molecule has 0 amide bonds. The van der Waals surface area contributed by atoms with Crippen molar-refractivity contribution < 1.29 is 4.39 Å². The maximum Gasteiger partial charge on any atom is 0.130 e. The minimum Gasteiger partial charge on any atom is -0.370 e. The van der Waals surface area contributed by atoms with Gasteiger partial charge in [0.1, 0.15) is 17.5 Å². The zero-order chi connectivity index (χ0) is 13.7. The first-order valence-electron chi connectivity index (χ1n) is 6.35. The molecular formula is C15H18FN3. The molecule has 0 aliphatic carbocycles. The van der Waals surface area contributed by atoms with Gasteiger partial charge in [-0.3, -0.25) is 0 Å². The fraction of sp³-hybridized carbons (Fsp3) is 0.267. The van der Waals surface area contributed by atoms with Gasteiger partial charge in [-0.1, -0.05) is 18.2 Å². The van der Waals surface area contributed by atoms with Gasteiger partial charge in [0.05, 0.1) is 0 Å². The Kier molecular flexibility index (Phi) is 4.34. The zero-order valence-corrected chi connectivity index (χ0v) is 11.2. The fourth-order valence-corrected chi connectivity index (χ4v) is 1.86. The molecule has 0 saturated heterocycles. The van der Waals surface area contributed by atoms with E-state index in [1.165, 1.54) is 12.1 Å². The van der Waals surface area contributed by atoms with E-state index in [-0.39, 0.29) is 5.82 Å². The lowest BCUT2D eigenvalue weighted by Gasteiger charge is -2.19. The SMILES string of the molecule is CCNc1cccc(N(C)Cc2ccc(F)cc2)n1. The van der Waals surface area contributed by atoms with Crippen LogP contribution in [0.25, 0.3) is 0 Å². The van der Waals surface area contributed by atoms with Gasteiger partial charge in [-0.15, -0.1) is 0 Å². The molecule has 0 radical (unpaired) electrons. The number of anilines is 2. The Hall–Kier alpha value is -2.10. The molecule has 1 aromatic carbocycles. The maximum absolute atomic E-state index is 12.9. The molecule has 100 valence electrons. The van der Waals surface area contributed by atoms with Crippen molar-refractivity contribution in [1.82, 2.24) is 4.98 Å². The van der Waals surface area contributed by atoms with Gasteiger partial charge >= 0.3 is 0 Å². The topological polar surface area (TPSA) is 28.2 Å². The molecule has 3 nitrogen and oxygen atoms in total. The number of nitrogens with one attached hydrogen (secondary N) is 1. The molecule has 0 saturated carbocycles. The summed E-state index contributed by atoms with van der Waals surface area (Å²) in [5.41, 5.74) is 1.06. The van der Waals surface area contributed by atoms with Gasteiger partial charge in [-0.05, 0) is 36.8 Å². The van der Waals surface area contributed by atoms with E-state index in [2.05, 4.69) is 10.3 Å². The number of hydrogen-bond donors (Lipinski definition) is 1. The summed E-state index contributed by atoms with van der Waals surface area (Å²) in [6.07, 6.45) is 0. The smallest absolute Gasteiger partial charge is 0.130 e. The van der Waals surface area contributed by atoms with E-state index < -0.39 is 0 Å². The summed E-state index contributed by atoms with van der Waals surface area (Å²) >= 11 is 0. The molecular weight excluding hydrogens is 241 g/mol. The van der Waals surface area contributed by atoms with Crippen molar-refractivity contribution in [2.24, 2.45) is 0 Å². The zero-order valence-electron chi connectivity index (χ0n) is 11.2. The number of benzene rings is 1. The van der Waals surface area contributed by atoms with Crippen LogP contribution in [0, 0.1) is 5.82 Å². The molecule has 0 fully saturated rings. The van der Waals surface area contributed by atoms with Crippen molar-refractivity contribution in [1.29, 1.82) is 0 Å². The summed E-state index contributed by atoms with van der Waals surface area (Å²) in [6, 6.07) is 12.4. The monoisotopic (exact) mass is 259 g/mol. The average molecular weight is 259 g/mol. The molecule has 19 heavy (non-hydrogen) atoms. The molecule has 0 aliphatic rings. The van der Waals surface area contributed by atoms with Crippen molar-refractivity contribution in [2.45, 2.75) is 13.5 Å². The minimum atomic E-state index is -0.210. The molecule has 2 aromatic rings. The van der Waals surface area contributed by atoms with Gasteiger partial charge < -0.3 is 10.2 Å². The summed E-state index contributed by atoms with van der Waals surface area (Å²) in [6.45, 7) is 3.58. The van der Waals surface area contributed by atoms with E-state index in [0.717, 1.165) is 23.7 Å². The molecule has 0 bridgehead atoms. The average Bonchev–Trinajstić information content (AvgIpc) is 2.42. The molecule has 0 aliphatic heterocycles. The molecule has 4 heteroatoms. The lowest BCUT2D eigenvalue weighted by atomic mass is 10.2. The summed E-state index contributed by atoms with van der Waals surface area (Å²) in [5.74, 6) is 1.55. The van der Waals surface area contributed by atoms with Crippen molar-refractivity contribution >= 4 is 11.6 Å². The highest BCUT2D eigenvalue weighted by atomic mass is 19.1. The standard InChI is InChI=1S/C15H18FN3/c1-3-17-14-5-4-6-15(18-14)19(2)11-12-7-9-13(16)10-8-12/h4-10H,3,11H2,1-2H3,(H,17,18). The Morgan fingerprint density at radius 1 is 1.16 bits per heavy atom. The molecule has 1 aromatic heterocycles. The van der Waals surface area contributed by atoms with Gasteiger partial charge in [0.2, 0.25) is 0 Å². The quantitative estimate of drug-likeness (QED) is 0.893. The van der Waals surface area contributed by atoms with E-state index in [4.69, 9.17) is 0 Å². The van der Waals surface area contributed by atoms with Crippen LogP contribution in [0.15, 0.2) is 42.5 Å². The normalized spacial score (nSPS) is 10.3. The number of pyridine rings is 1. The first-order chi connectivity index (χ1) is 9.19. The van der Waals surface area contributed by atoms with Crippen LogP contribution in [-0.4, -0.2) is 18.6 Å².